The lowest BCUT2D eigenvalue weighted by Gasteiger charge is -2.50. The van der Waals surface area contributed by atoms with E-state index in [4.69, 9.17) is 5.73 Å². The Bertz CT molecular complexity index is 1480. The highest BCUT2D eigenvalue weighted by Crippen LogP contribution is 2.54. The molecule has 39 heavy (non-hydrogen) atoms. The first-order valence-electron chi connectivity index (χ1n) is 12.2. The van der Waals surface area contributed by atoms with Crippen LogP contribution in [0.25, 0.3) is 5.76 Å². The number of anilines is 2. The number of aliphatic hydroxyl groups is 3. The Balaban J connectivity index is 2.00. The molecule has 1 saturated carbocycles. The smallest absolute Gasteiger partial charge is 0.255 e. The third-order valence-corrected chi connectivity index (χ3v) is 9.12. The van der Waals surface area contributed by atoms with Crippen LogP contribution in [0, 0.1) is 11.8 Å². The summed E-state index contributed by atoms with van der Waals surface area (Å²) in [5.74, 6) is -8.03. The molecular formula is C25H32N4O9S. The molecule has 1 fully saturated rings. The Morgan fingerprint density at radius 1 is 1.18 bits per heavy atom. The maximum Gasteiger partial charge on any atom is 0.255 e. The van der Waals surface area contributed by atoms with E-state index < -0.39 is 73.8 Å². The Kier molecular flexibility index (Phi) is 6.73. The number of benzene rings is 1. The summed E-state index contributed by atoms with van der Waals surface area (Å²) in [6, 6.07) is 0.233. The molecule has 212 valence electrons. The molecule has 0 spiro atoms. The lowest BCUT2D eigenvalue weighted by Crippen LogP contribution is -2.65. The molecule has 4 rings (SSSR count). The minimum absolute atomic E-state index is 0.0520. The summed E-state index contributed by atoms with van der Waals surface area (Å²) in [5, 5.41) is 45.1. The first-order valence-corrected chi connectivity index (χ1v) is 13.9. The number of aliphatic hydroxyl groups excluding tert-OH is 2. The molecule has 3 aliphatic rings. The zero-order valence-corrected chi connectivity index (χ0v) is 23.0. The topological polar surface area (TPSA) is 211 Å². The number of fused-ring (bicyclic) bond motifs is 3. The molecule has 13 nitrogen and oxygen atoms in total. The zero-order chi connectivity index (χ0) is 29.4. The number of primary amides is 1. The van der Waals surface area contributed by atoms with E-state index in [-0.39, 0.29) is 35.4 Å². The van der Waals surface area contributed by atoms with Gasteiger partial charge in [0.1, 0.15) is 17.1 Å². The highest BCUT2D eigenvalue weighted by molar-refractivity contribution is 7.92. The molecule has 2 unspecified atom stereocenters. The average molecular weight is 565 g/mol. The number of nitrogens with zero attached hydrogens (tertiary/aromatic N) is 2. The second kappa shape index (κ2) is 9.24. The number of sulfonamides is 1. The molecule has 7 N–H and O–H groups in total. The van der Waals surface area contributed by atoms with Crippen molar-refractivity contribution in [2.24, 2.45) is 17.6 Å². The van der Waals surface area contributed by atoms with Crippen molar-refractivity contribution >= 4 is 44.6 Å². The molecule has 1 aromatic carbocycles. The van der Waals surface area contributed by atoms with Crippen molar-refractivity contribution in [2.45, 2.75) is 31.4 Å². The van der Waals surface area contributed by atoms with Crippen LogP contribution in [0.15, 0.2) is 23.0 Å². The van der Waals surface area contributed by atoms with Crippen LogP contribution in [0.3, 0.4) is 0 Å². The maximum atomic E-state index is 13.9. The second-order valence-corrected chi connectivity index (χ2v) is 12.5. The molecule has 0 radical (unpaired) electrons. The predicted molar refractivity (Wildman–Crippen MR) is 142 cm³/mol. The molecule has 0 aromatic heterocycles. The summed E-state index contributed by atoms with van der Waals surface area (Å²) >= 11 is 0. The van der Waals surface area contributed by atoms with Crippen LogP contribution in [-0.2, 0) is 30.8 Å². The van der Waals surface area contributed by atoms with E-state index in [9.17, 15) is 43.2 Å². The number of phenols is 1. The van der Waals surface area contributed by atoms with E-state index in [1.165, 1.54) is 32.0 Å². The fraction of sp³-hybridized carbons (Fsp3) is 0.480. The minimum Gasteiger partial charge on any atom is -0.508 e. The van der Waals surface area contributed by atoms with Crippen molar-refractivity contribution in [3.63, 3.8) is 0 Å². The number of hydrogen-bond acceptors (Lipinski definition) is 11. The quantitative estimate of drug-likeness (QED) is 0.197. The van der Waals surface area contributed by atoms with Crippen LogP contribution >= 0.6 is 0 Å². The first kappa shape index (κ1) is 28.4. The third-order valence-electron chi connectivity index (χ3n) is 7.82. The highest BCUT2D eigenvalue weighted by atomic mass is 32.2. The monoisotopic (exact) mass is 564 g/mol. The number of amides is 1. The summed E-state index contributed by atoms with van der Waals surface area (Å²) in [7, 11) is 2.57. The molecule has 0 bridgehead atoms. The number of carbonyl (C=O) groups excluding carboxylic acids is 3. The molecule has 1 aromatic rings. The van der Waals surface area contributed by atoms with E-state index in [1.54, 1.807) is 19.0 Å². The van der Waals surface area contributed by atoms with Crippen LogP contribution in [0.1, 0.15) is 24.5 Å². The van der Waals surface area contributed by atoms with Crippen LogP contribution in [0.4, 0.5) is 11.4 Å². The van der Waals surface area contributed by atoms with Gasteiger partial charge >= 0.3 is 0 Å². The fourth-order valence-electron chi connectivity index (χ4n) is 6.01. The van der Waals surface area contributed by atoms with E-state index >= 15 is 0 Å². The summed E-state index contributed by atoms with van der Waals surface area (Å²) in [6.45, 7) is 1.41. The number of nitrogens with two attached hydrogens (primary N) is 1. The van der Waals surface area contributed by atoms with Crippen molar-refractivity contribution in [3.8, 4) is 5.75 Å². The average Bonchev–Trinajstić information content (AvgIpc) is 2.82. The van der Waals surface area contributed by atoms with Crippen molar-refractivity contribution in [2.75, 3.05) is 43.6 Å². The molecule has 3 aliphatic carbocycles. The molecule has 14 heteroatoms. The van der Waals surface area contributed by atoms with Crippen LogP contribution in [-0.4, -0.2) is 96.8 Å². The van der Waals surface area contributed by atoms with Crippen molar-refractivity contribution in [1.82, 2.24) is 4.90 Å². The fourth-order valence-corrected chi connectivity index (χ4v) is 6.64. The van der Waals surface area contributed by atoms with Gasteiger partial charge in [-0.25, -0.2) is 8.42 Å². The number of ketones is 2. The van der Waals surface area contributed by atoms with Gasteiger partial charge in [0.15, 0.2) is 17.1 Å². The van der Waals surface area contributed by atoms with Gasteiger partial charge < -0.3 is 31.1 Å². The number of carbonyl (C=O) groups is 3. The zero-order valence-electron chi connectivity index (χ0n) is 22.1. The highest BCUT2D eigenvalue weighted by Gasteiger charge is 2.64. The normalized spacial score (nSPS) is 26.8. The van der Waals surface area contributed by atoms with Crippen molar-refractivity contribution in [3.05, 3.63) is 34.1 Å². The number of hydrogen-bond donors (Lipinski definition) is 6. The van der Waals surface area contributed by atoms with E-state index in [1.807, 2.05) is 0 Å². The minimum atomic E-state index is -3.84. The Morgan fingerprint density at radius 2 is 1.79 bits per heavy atom. The van der Waals surface area contributed by atoms with Gasteiger partial charge in [0.25, 0.3) is 5.91 Å². The largest absolute Gasteiger partial charge is 0.508 e. The molecular weight excluding hydrogens is 532 g/mol. The number of rotatable bonds is 6. The lowest BCUT2D eigenvalue weighted by molar-refractivity contribution is -0.153. The van der Waals surface area contributed by atoms with Gasteiger partial charge in [-0.1, -0.05) is 0 Å². The molecule has 0 saturated heterocycles. The molecule has 4 atom stereocenters. The Hall–Kier alpha value is -3.62. The van der Waals surface area contributed by atoms with E-state index in [0.29, 0.717) is 11.3 Å². The van der Waals surface area contributed by atoms with Crippen LogP contribution < -0.4 is 15.4 Å². The van der Waals surface area contributed by atoms with Gasteiger partial charge in [0.2, 0.25) is 15.8 Å². The summed E-state index contributed by atoms with van der Waals surface area (Å²) < 4.78 is 26.8. The number of Topliss-reactive ketones (excluding diaryl/α,β-unsaturated/α-hetero) is 2. The SMILES string of the molecule is CCS(=O)(=O)Nc1cc(N(C)C)c2c(c1O)C(O)=C1C(=O)[C@]3(O)C(O)=C(C(N)=O)C(=O)[C@@H](N(C)C)C3CC1C2. The van der Waals surface area contributed by atoms with Crippen LogP contribution in [0.2, 0.25) is 0 Å². The third kappa shape index (κ3) is 4.05. The Labute approximate surface area is 225 Å². The summed E-state index contributed by atoms with van der Waals surface area (Å²) in [4.78, 5) is 42.3. The van der Waals surface area contributed by atoms with Gasteiger partial charge in [-0.05, 0) is 51.4 Å². The van der Waals surface area contributed by atoms with Gasteiger partial charge in [-0.15, -0.1) is 0 Å². The Morgan fingerprint density at radius 3 is 2.31 bits per heavy atom. The van der Waals surface area contributed by atoms with Gasteiger partial charge in [0, 0.05) is 31.3 Å². The number of nitrogens with one attached hydrogen (secondary N) is 1. The van der Waals surface area contributed by atoms with Crippen molar-refractivity contribution < 1.29 is 43.2 Å². The molecule has 1 amide bonds. The number of likely N-dealkylation sites (N-methyl/N-ethyl adjacent to an activating group) is 1. The van der Waals surface area contributed by atoms with Gasteiger partial charge in [-0.3, -0.25) is 24.0 Å². The number of aromatic hydroxyl groups is 1. The van der Waals surface area contributed by atoms with E-state index in [2.05, 4.69) is 4.72 Å². The van der Waals surface area contributed by atoms with Gasteiger partial charge in [-0.2, -0.15) is 0 Å². The van der Waals surface area contributed by atoms with Crippen LogP contribution in [0.5, 0.6) is 5.75 Å². The number of phenolic OH excluding ortho intramolecular Hbond substituents is 1. The second-order valence-electron chi connectivity index (χ2n) is 10.5. The molecule has 0 heterocycles. The maximum absolute atomic E-state index is 13.9. The standard InChI is InChI=1S/C25H32N4O9S/c1-6-39(37,38)27-13-9-14(28(2)3)11-7-10-8-12-18(29(4)5)21(32)17(24(26)35)23(34)25(12,36)22(33)15(10)20(31)16(11)19(13)30/h9-10,12,18,27,30-31,34,36H,6-8H2,1-5H3,(H2,26,35)/t10?,12?,18-,25-/m0/s1. The predicted octanol–water partition coefficient (Wildman–Crippen LogP) is -0.208. The lowest BCUT2D eigenvalue weighted by atomic mass is 9.57. The van der Waals surface area contributed by atoms with Crippen molar-refractivity contribution in [1.29, 1.82) is 0 Å². The molecule has 0 aliphatic heterocycles. The first-order chi connectivity index (χ1) is 18.0. The summed E-state index contributed by atoms with van der Waals surface area (Å²) in [6.07, 6.45) is 0.0278. The van der Waals surface area contributed by atoms with Gasteiger partial charge in [0.05, 0.1) is 23.0 Å². The van der Waals surface area contributed by atoms with E-state index in [0.717, 1.165) is 0 Å². The summed E-state index contributed by atoms with van der Waals surface area (Å²) in [5.41, 5.74) is 1.80.